The smallest absolute Gasteiger partial charge is 0.338 e. The van der Waals surface area contributed by atoms with E-state index in [4.69, 9.17) is 20.3 Å². The number of rotatable bonds is 2. The van der Waals surface area contributed by atoms with Crippen LogP contribution < -0.4 is 15.2 Å². The lowest BCUT2D eigenvalue weighted by molar-refractivity contribution is 0.0695. The van der Waals surface area contributed by atoms with Crippen molar-refractivity contribution in [2.45, 2.75) is 13.3 Å². The summed E-state index contributed by atoms with van der Waals surface area (Å²) in [6.07, 6.45) is 0.540. The van der Waals surface area contributed by atoms with Crippen molar-refractivity contribution in [3.63, 3.8) is 0 Å². The van der Waals surface area contributed by atoms with Crippen molar-refractivity contribution in [3.8, 4) is 11.5 Å². The Balaban J connectivity index is 2.67. The van der Waals surface area contributed by atoms with Crippen LogP contribution in [0.15, 0.2) is 6.07 Å². The van der Waals surface area contributed by atoms with E-state index in [2.05, 4.69) is 0 Å². The summed E-state index contributed by atoms with van der Waals surface area (Å²) in [5.74, 6) is 0.0114. The van der Waals surface area contributed by atoms with Gasteiger partial charge in [-0.2, -0.15) is 0 Å². The summed E-state index contributed by atoms with van der Waals surface area (Å²) in [5, 5.41) is 9.10. The van der Waals surface area contributed by atoms with Gasteiger partial charge in [0.05, 0.1) is 11.3 Å². The first-order valence-electron chi connectivity index (χ1n) is 5.09. The van der Waals surface area contributed by atoms with E-state index in [1.54, 1.807) is 0 Å². The molecule has 0 fully saturated rings. The van der Waals surface area contributed by atoms with Gasteiger partial charge in [-0.3, -0.25) is 0 Å². The highest BCUT2D eigenvalue weighted by Crippen LogP contribution is 2.39. The van der Waals surface area contributed by atoms with Crippen molar-refractivity contribution >= 4 is 11.7 Å². The van der Waals surface area contributed by atoms with E-state index in [-0.39, 0.29) is 11.3 Å². The van der Waals surface area contributed by atoms with Crippen molar-refractivity contribution in [1.82, 2.24) is 0 Å². The lowest BCUT2D eigenvalue weighted by Gasteiger charge is -2.22. The van der Waals surface area contributed by atoms with E-state index >= 15 is 0 Å². The molecule has 1 aromatic rings. The predicted octanol–water partition coefficient (Wildman–Crippen LogP) is 1.30. The second-order valence-corrected chi connectivity index (χ2v) is 3.50. The highest BCUT2D eigenvalue weighted by atomic mass is 16.6. The van der Waals surface area contributed by atoms with Crippen LogP contribution in [0.5, 0.6) is 11.5 Å². The van der Waals surface area contributed by atoms with Crippen molar-refractivity contribution in [1.29, 1.82) is 0 Å². The number of carbonyl (C=O) groups is 1. The average Bonchev–Trinajstić information content (AvgIpc) is 2.26. The lowest BCUT2D eigenvalue weighted by atomic mass is 10.0. The van der Waals surface area contributed by atoms with E-state index in [0.29, 0.717) is 36.7 Å². The van der Waals surface area contributed by atoms with Gasteiger partial charge in [-0.15, -0.1) is 0 Å². The zero-order valence-corrected chi connectivity index (χ0v) is 8.95. The Labute approximate surface area is 92.8 Å². The van der Waals surface area contributed by atoms with Crippen LogP contribution in [0.2, 0.25) is 0 Å². The second-order valence-electron chi connectivity index (χ2n) is 3.50. The summed E-state index contributed by atoms with van der Waals surface area (Å²) >= 11 is 0. The van der Waals surface area contributed by atoms with Gasteiger partial charge in [-0.1, -0.05) is 6.92 Å². The van der Waals surface area contributed by atoms with Crippen LogP contribution in [-0.2, 0) is 6.42 Å². The summed E-state index contributed by atoms with van der Waals surface area (Å²) in [7, 11) is 0. The molecule has 16 heavy (non-hydrogen) atoms. The molecule has 5 nitrogen and oxygen atoms in total. The van der Waals surface area contributed by atoms with Crippen LogP contribution >= 0.6 is 0 Å². The van der Waals surface area contributed by atoms with Gasteiger partial charge in [0.15, 0.2) is 11.5 Å². The normalized spacial score (nSPS) is 13.6. The van der Waals surface area contributed by atoms with Gasteiger partial charge in [0.25, 0.3) is 0 Å². The summed E-state index contributed by atoms with van der Waals surface area (Å²) in [5.41, 5.74) is 6.64. The fourth-order valence-corrected chi connectivity index (χ4v) is 1.87. The largest absolute Gasteiger partial charge is 0.486 e. The van der Waals surface area contributed by atoms with Gasteiger partial charge in [0.2, 0.25) is 0 Å². The molecule has 1 aliphatic rings. The lowest BCUT2D eigenvalue weighted by Crippen LogP contribution is -2.19. The number of nitrogens with two attached hydrogens (primary N) is 1. The number of hydrogen-bond donors (Lipinski definition) is 2. The molecule has 0 unspecified atom stereocenters. The third-order valence-corrected chi connectivity index (χ3v) is 2.53. The van der Waals surface area contributed by atoms with Crippen LogP contribution in [0.1, 0.15) is 22.8 Å². The van der Waals surface area contributed by atoms with E-state index in [0.717, 1.165) is 0 Å². The molecule has 0 radical (unpaired) electrons. The topological polar surface area (TPSA) is 81.8 Å². The van der Waals surface area contributed by atoms with E-state index in [1.807, 2.05) is 6.92 Å². The molecule has 1 heterocycles. The number of nitrogen functional groups attached to an aromatic ring is 1. The summed E-state index contributed by atoms with van der Waals surface area (Å²) in [4.78, 5) is 11.1. The molecule has 0 saturated carbocycles. The molecule has 0 saturated heterocycles. The van der Waals surface area contributed by atoms with Gasteiger partial charge in [-0.05, 0) is 6.42 Å². The number of hydrogen-bond acceptors (Lipinski definition) is 4. The number of fused-ring (bicyclic) bond motifs is 1. The monoisotopic (exact) mass is 223 g/mol. The van der Waals surface area contributed by atoms with E-state index < -0.39 is 5.97 Å². The van der Waals surface area contributed by atoms with Crippen molar-refractivity contribution in [2.24, 2.45) is 0 Å². The molecule has 0 atom stereocenters. The summed E-state index contributed by atoms with van der Waals surface area (Å²) < 4.78 is 10.8. The molecule has 0 spiro atoms. The second kappa shape index (κ2) is 3.92. The maximum absolute atomic E-state index is 11.1. The summed E-state index contributed by atoms with van der Waals surface area (Å²) in [6, 6.07) is 1.51. The molecular weight excluding hydrogens is 210 g/mol. The Kier molecular flexibility index (Phi) is 2.60. The maximum Gasteiger partial charge on any atom is 0.338 e. The van der Waals surface area contributed by atoms with Crippen molar-refractivity contribution in [2.75, 3.05) is 18.9 Å². The molecular formula is C11H13NO4. The Morgan fingerprint density at radius 3 is 2.81 bits per heavy atom. The van der Waals surface area contributed by atoms with Gasteiger partial charge in [0, 0.05) is 11.6 Å². The molecule has 86 valence electrons. The zero-order chi connectivity index (χ0) is 11.7. The first kappa shape index (κ1) is 10.6. The minimum Gasteiger partial charge on any atom is -0.486 e. The fraction of sp³-hybridized carbons (Fsp3) is 0.364. The minimum atomic E-state index is -1.04. The average molecular weight is 223 g/mol. The number of carboxylic acids is 1. The molecule has 5 heteroatoms. The molecule has 0 amide bonds. The van der Waals surface area contributed by atoms with Crippen LogP contribution in [0.3, 0.4) is 0 Å². The standard InChI is InChI=1S/C11H13NO4/c1-2-6-9(11(13)14)7(12)5-8-10(6)16-4-3-15-8/h5H,2-4,12H2,1H3,(H,13,14). The Bertz CT molecular complexity index is 442. The van der Waals surface area contributed by atoms with E-state index in [9.17, 15) is 4.79 Å². The SMILES string of the molecule is CCc1c2c(cc(N)c1C(=O)O)OCCO2. The third-order valence-electron chi connectivity index (χ3n) is 2.53. The van der Waals surface area contributed by atoms with Gasteiger partial charge >= 0.3 is 5.97 Å². The number of carboxylic acid groups (broad SMARTS) is 1. The molecule has 0 bridgehead atoms. The van der Waals surface area contributed by atoms with Crippen LogP contribution in [0.4, 0.5) is 5.69 Å². The first-order valence-corrected chi connectivity index (χ1v) is 5.09. The first-order chi connectivity index (χ1) is 7.65. The van der Waals surface area contributed by atoms with Crippen LogP contribution in [0, 0.1) is 0 Å². The molecule has 3 N–H and O–H groups in total. The number of aromatic carboxylic acids is 1. The number of benzene rings is 1. The van der Waals surface area contributed by atoms with Gasteiger partial charge < -0.3 is 20.3 Å². The molecule has 0 aliphatic carbocycles. The molecule has 2 rings (SSSR count). The Morgan fingerprint density at radius 1 is 1.50 bits per heavy atom. The van der Waals surface area contributed by atoms with E-state index in [1.165, 1.54) is 6.07 Å². The van der Waals surface area contributed by atoms with Crippen LogP contribution in [-0.4, -0.2) is 24.3 Å². The predicted molar refractivity (Wildman–Crippen MR) is 58.2 cm³/mol. The van der Waals surface area contributed by atoms with Crippen molar-refractivity contribution < 1.29 is 19.4 Å². The number of anilines is 1. The zero-order valence-electron chi connectivity index (χ0n) is 8.95. The summed E-state index contributed by atoms with van der Waals surface area (Å²) in [6.45, 7) is 2.75. The van der Waals surface area contributed by atoms with Crippen molar-refractivity contribution in [3.05, 3.63) is 17.2 Å². The Morgan fingerprint density at radius 2 is 2.19 bits per heavy atom. The Hall–Kier alpha value is -1.91. The molecule has 1 aromatic carbocycles. The minimum absolute atomic E-state index is 0.117. The van der Waals surface area contributed by atoms with Gasteiger partial charge in [-0.25, -0.2) is 4.79 Å². The van der Waals surface area contributed by atoms with Gasteiger partial charge in [0.1, 0.15) is 13.2 Å². The third kappa shape index (κ3) is 1.54. The highest BCUT2D eigenvalue weighted by Gasteiger charge is 2.24. The number of ether oxygens (including phenoxy) is 2. The fourth-order valence-electron chi connectivity index (χ4n) is 1.87. The quantitative estimate of drug-likeness (QED) is 0.738. The molecule has 0 aromatic heterocycles. The maximum atomic E-state index is 11.1. The molecule has 1 aliphatic heterocycles. The highest BCUT2D eigenvalue weighted by molar-refractivity contribution is 5.97. The van der Waals surface area contributed by atoms with Crippen LogP contribution in [0.25, 0.3) is 0 Å².